The molecule has 0 unspecified atom stereocenters. The van der Waals surface area contributed by atoms with E-state index in [1.54, 1.807) is 25.3 Å². The number of methoxy groups -OCH3 is 1. The Bertz CT molecular complexity index is 752. The fraction of sp³-hybridized carbons (Fsp3) is 0.176. The van der Waals surface area contributed by atoms with Gasteiger partial charge in [-0.15, -0.1) is 0 Å². The molecule has 0 aliphatic carbocycles. The van der Waals surface area contributed by atoms with E-state index >= 15 is 0 Å². The van der Waals surface area contributed by atoms with Crippen molar-refractivity contribution >= 4 is 44.9 Å². The monoisotopic (exact) mass is 408 g/mol. The Morgan fingerprint density at radius 2 is 1.96 bits per heavy atom. The number of para-hydroxylation sites is 2. The number of thiocarbonyl (C=S) groups is 1. The van der Waals surface area contributed by atoms with E-state index in [0.717, 1.165) is 4.47 Å². The van der Waals surface area contributed by atoms with Gasteiger partial charge in [-0.2, -0.15) is 0 Å². The summed E-state index contributed by atoms with van der Waals surface area (Å²) >= 11 is 8.56. The maximum atomic E-state index is 12.5. The molecular weight excluding hydrogens is 392 g/mol. The molecule has 0 atom stereocenters. The van der Waals surface area contributed by atoms with Gasteiger partial charge in [-0.3, -0.25) is 10.1 Å². The molecule has 0 radical (unpaired) electrons. The standard InChI is InChI=1S/C17H17BrN2O3S/c1-3-23-14-9-8-11(18)10-12(14)16(21)20-17(24)19-13-6-4-5-7-15(13)22-2/h4-10H,3H2,1-2H3,(H2,19,20,21,24). The van der Waals surface area contributed by atoms with Crippen LogP contribution in [0.15, 0.2) is 46.9 Å². The number of amides is 1. The van der Waals surface area contributed by atoms with Crippen LogP contribution in [0.25, 0.3) is 0 Å². The molecule has 7 heteroatoms. The lowest BCUT2D eigenvalue weighted by Crippen LogP contribution is -2.34. The molecule has 0 saturated heterocycles. The summed E-state index contributed by atoms with van der Waals surface area (Å²) in [6, 6.07) is 12.5. The van der Waals surface area contributed by atoms with Gasteiger partial charge in [0.25, 0.3) is 5.91 Å². The Kier molecular flexibility index (Phi) is 6.57. The normalized spacial score (nSPS) is 9.96. The van der Waals surface area contributed by atoms with Crippen molar-refractivity contribution in [2.45, 2.75) is 6.92 Å². The number of ether oxygens (including phenoxy) is 2. The first-order valence-electron chi connectivity index (χ1n) is 7.22. The first-order chi connectivity index (χ1) is 11.5. The van der Waals surface area contributed by atoms with Crippen LogP contribution in [0.1, 0.15) is 17.3 Å². The number of nitrogens with one attached hydrogen (secondary N) is 2. The van der Waals surface area contributed by atoms with Crippen molar-refractivity contribution in [3.8, 4) is 11.5 Å². The Hall–Kier alpha value is -2.12. The lowest BCUT2D eigenvalue weighted by molar-refractivity contribution is 0.0974. The molecule has 2 aromatic carbocycles. The van der Waals surface area contributed by atoms with E-state index in [0.29, 0.717) is 29.4 Å². The topological polar surface area (TPSA) is 59.6 Å². The fourth-order valence-corrected chi connectivity index (χ4v) is 2.60. The minimum atomic E-state index is -0.354. The molecule has 126 valence electrons. The number of benzene rings is 2. The van der Waals surface area contributed by atoms with Gasteiger partial charge in [0.2, 0.25) is 0 Å². The summed E-state index contributed by atoms with van der Waals surface area (Å²) in [6.45, 7) is 2.32. The van der Waals surface area contributed by atoms with E-state index in [4.69, 9.17) is 21.7 Å². The molecule has 0 fully saturated rings. The highest BCUT2D eigenvalue weighted by Gasteiger charge is 2.15. The molecule has 0 bridgehead atoms. The maximum Gasteiger partial charge on any atom is 0.261 e. The molecule has 2 aromatic rings. The first-order valence-corrected chi connectivity index (χ1v) is 8.43. The van der Waals surface area contributed by atoms with Gasteiger partial charge in [0.05, 0.1) is 25.0 Å². The zero-order valence-electron chi connectivity index (χ0n) is 13.3. The predicted octanol–water partition coefficient (Wildman–Crippen LogP) is 3.98. The van der Waals surface area contributed by atoms with Crippen LogP contribution in [0.4, 0.5) is 5.69 Å². The molecule has 0 spiro atoms. The second kappa shape index (κ2) is 8.65. The molecule has 0 aliphatic heterocycles. The average molecular weight is 409 g/mol. The largest absolute Gasteiger partial charge is 0.495 e. The Morgan fingerprint density at radius 1 is 1.21 bits per heavy atom. The number of rotatable bonds is 5. The summed E-state index contributed by atoms with van der Waals surface area (Å²) in [4.78, 5) is 12.5. The third kappa shape index (κ3) is 4.69. The number of hydrogen-bond acceptors (Lipinski definition) is 4. The van der Waals surface area contributed by atoms with Gasteiger partial charge in [-0.25, -0.2) is 0 Å². The molecule has 0 heterocycles. The molecular formula is C17H17BrN2O3S. The van der Waals surface area contributed by atoms with Crippen molar-refractivity contribution in [1.82, 2.24) is 5.32 Å². The van der Waals surface area contributed by atoms with Crippen molar-refractivity contribution in [1.29, 1.82) is 0 Å². The molecule has 0 saturated carbocycles. The third-order valence-electron chi connectivity index (χ3n) is 3.07. The number of carbonyl (C=O) groups excluding carboxylic acids is 1. The summed E-state index contributed by atoms with van der Waals surface area (Å²) in [6.07, 6.45) is 0. The molecule has 5 nitrogen and oxygen atoms in total. The van der Waals surface area contributed by atoms with Crippen molar-refractivity contribution in [2.24, 2.45) is 0 Å². The van der Waals surface area contributed by atoms with Gasteiger partial charge in [-0.1, -0.05) is 28.1 Å². The van der Waals surface area contributed by atoms with Gasteiger partial charge in [0, 0.05) is 4.47 Å². The van der Waals surface area contributed by atoms with Gasteiger partial charge in [-0.05, 0) is 49.5 Å². The Balaban J connectivity index is 2.12. The van der Waals surface area contributed by atoms with E-state index < -0.39 is 0 Å². The van der Waals surface area contributed by atoms with Crippen molar-refractivity contribution in [2.75, 3.05) is 19.0 Å². The second-order valence-corrected chi connectivity index (χ2v) is 6.01. The van der Waals surface area contributed by atoms with E-state index in [1.165, 1.54) is 0 Å². The van der Waals surface area contributed by atoms with Crippen LogP contribution < -0.4 is 20.1 Å². The molecule has 2 N–H and O–H groups in total. The minimum absolute atomic E-state index is 0.173. The second-order valence-electron chi connectivity index (χ2n) is 4.68. The summed E-state index contributed by atoms with van der Waals surface area (Å²) in [5.41, 5.74) is 1.07. The van der Waals surface area contributed by atoms with E-state index in [2.05, 4.69) is 26.6 Å². The summed E-state index contributed by atoms with van der Waals surface area (Å²) in [5.74, 6) is 0.775. The van der Waals surface area contributed by atoms with Crippen LogP contribution in [0.5, 0.6) is 11.5 Å². The van der Waals surface area contributed by atoms with Crippen LogP contribution >= 0.6 is 28.1 Å². The highest BCUT2D eigenvalue weighted by atomic mass is 79.9. The van der Waals surface area contributed by atoms with Crippen LogP contribution in [0.3, 0.4) is 0 Å². The van der Waals surface area contributed by atoms with Crippen LogP contribution in [-0.2, 0) is 0 Å². The first kappa shape index (κ1) is 18.2. The average Bonchev–Trinajstić information content (AvgIpc) is 2.57. The Labute approximate surface area is 154 Å². The fourth-order valence-electron chi connectivity index (χ4n) is 2.03. The lowest BCUT2D eigenvalue weighted by atomic mass is 10.2. The summed E-state index contributed by atoms with van der Waals surface area (Å²) in [5, 5.41) is 5.77. The number of halogens is 1. The third-order valence-corrected chi connectivity index (χ3v) is 3.77. The molecule has 24 heavy (non-hydrogen) atoms. The number of anilines is 1. The van der Waals surface area contributed by atoms with Gasteiger partial charge in [0.15, 0.2) is 5.11 Å². The van der Waals surface area contributed by atoms with E-state index in [9.17, 15) is 4.79 Å². The van der Waals surface area contributed by atoms with E-state index in [-0.39, 0.29) is 11.0 Å². The van der Waals surface area contributed by atoms with Crippen LogP contribution in [0.2, 0.25) is 0 Å². The van der Waals surface area contributed by atoms with Crippen molar-refractivity contribution in [3.05, 3.63) is 52.5 Å². The van der Waals surface area contributed by atoms with Gasteiger partial charge in [0.1, 0.15) is 11.5 Å². The van der Waals surface area contributed by atoms with Gasteiger partial charge < -0.3 is 14.8 Å². The lowest BCUT2D eigenvalue weighted by Gasteiger charge is -2.14. The molecule has 2 rings (SSSR count). The SMILES string of the molecule is CCOc1ccc(Br)cc1C(=O)NC(=S)Nc1ccccc1OC. The minimum Gasteiger partial charge on any atom is -0.495 e. The van der Waals surface area contributed by atoms with Crippen LogP contribution in [-0.4, -0.2) is 24.7 Å². The van der Waals surface area contributed by atoms with Crippen molar-refractivity contribution in [3.63, 3.8) is 0 Å². The van der Waals surface area contributed by atoms with E-state index in [1.807, 2.05) is 31.2 Å². The number of carbonyl (C=O) groups is 1. The molecule has 1 amide bonds. The smallest absolute Gasteiger partial charge is 0.261 e. The Morgan fingerprint density at radius 3 is 2.67 bits per heavy atom. The summed E-state index contributed by atoms with van der Waals surface area (Å²) < 4.78 is 11.5. The maximum absolute atomic E-state index is 12.5. The van der Waals surface area contributed by atoms with Crippen molar-refractivity contribution < 1.29 is 14.3 Å². The molecule has 0 aromatic heterocycles. The highest BCUT2D eigenvalue weighted by Crippen LogP contribution is 2.24. The predicted molar refractivity (Wildman–Crippen MR) is 102 cm³/mol. The number of hydrogen-bond donors (Lipinski definition) is 2. The zero-order valence-corrected chi connectivity index (χ0v) is 15.7. The van der Waals surface area contributed by atoms with Crippen LogP contribution in [0, 0.1) is 0 Å². The zero-order chi connectivity index (χ0) is 17.5. The highest BCUT2D eigenvalue weighted by molar-refractivity contribution is 9.10. The summed E-state index contributed by atoms with van der Waals surface area (Å²) in [7, 11) is 1.57. The molecule has 0 aliphatic rings. The quantitative estimate of drug-likeness (QED) is 0.732. The van der Waals surface area contributed by atoms with Gasteiger partial charge >= 0.3 is 0 Å².